The summed E-state index contributed by atoms with van der Waals surface area (Å²) in [5.74, 6) is 1.22. The lowest BCUT2D eigenvalue weighted by molar-refractivity contribution is -0.117. The molecule has 1 aromatic carbocycles. The van der Waals surface area contributed by atoms with E-state index in [0.717, 1.165) is 46.3 Å². The molecule has 3 aromatic rings. The van der Waals surface area contributed by atoms with E-state index in [0.29, 0.717) is 29.8 Å². The average molecular weight is 400 g/mol. The maximum Gasteiger partial charge on any atom is 0.203 e. The standard InChI is InChI=1S/C19H21N5OS2/c20-19-24-22-16(27-19)10-13-6-7-14(8-13)18-23-21-17(26-18)11-15(25)9-12-4-2-1-3-5-12/h1-5,13-14H,6-11H2,(H2,20,24)/t13?,14-/m0/s1. The van der Waals surface area contributed by atoms with Gasteiger partial charge in [-0.25, -0.2) is 0 Å². The van der Waals surface area contributed by atoms with E-state index in [-0.39, 0.29) is 5.78 Å². The maximum atomic E-state index is 12.3. The summed E-state index contributed by atoms with van der Waals surface area (Å²) >= 11 is 3.07. The van der Waals surface area contributed by atoms with Crippen LogP contribution in [0.15, 0.2) is 30.3 Å². The minimum absolute atomic E-state index is 0.182. The molecule has 2 heterocycles. The van der Waals surface area contributed by atoms with Crippen molar-refractivity contribution >= 4 is 33.6 Å². The first kappa shape index (κ1) is 18.2. The molecule has 6 nitrogen and oxygen atoms in total. The van der Waals surface area contributed by atoms with Gasteiger partial charge in [0.15, 0.2) is 0 Å². The van der Waals surface area contributed by atoms with Crippen LogP contribution in [-0.2, 0) is 24.1 Å². The van der Waals surface area contributed by atoms with Crippen LogP contribution in [0.3, 0.4) is 0 Å². The lowest BCUT2D eigenvalue weighted by Gasteiger charge is -2.06. The number of carbonyl (C=O) groups excluding carboxylic acids is 1. The van der Waals surface area contributed by atoms with Crippen molar-refractivity contribution in [2.45, 2.75) is 44.4 Å². The van der Waals surface area contributed by atoms with Crippen LogP contribution in [0.25, 0.3) is 0 Å². The van der Waals surface area contributed by atoms with Gasteiger partial charge in [0.1, 0.15) is 20.8 Å². The van der Waals surface area contributed by atoms with Gasteiger partial charge in [0, 0.05) is 18.8 Å². The van der Waals surface area contributed by atoms with Crippen LogP contribution < -0.4 is 5.73 Å². The van der Waals surface area contributed by atoms with Crippen molar-refractivity contribution in [1.82, 2.24) is 20.4 Å². The molecule has 1 saturated carbocycles. The Morgan fingerprint density at radius 1 is 1.00 bits per heavy atom. The fraction of sp³-hybridized carbons (Fsp3) is 0.421. The first-order valence-corrected chi connectivity index (χ1v) is 10.7. The Bertz CT molecular complexity index is 908. The van der Waals surface area contributed by atoms with Gasteiger partial charge in [0.2, 0.25) is 5.13 Å². The van der Waals surface area contributed by atoms with Gasteiger partial charge in [-0.2, -0.15) is 0 Å². The van der Waals surface area contributed by atoms with Crippen LogP contribution >= 0.6 is 22.7 Å². The lowest BCUT2D eigenvalue weighted by Crippen LogP contribution is -2.06. The Labute approximate surface area is 165 Å². The van der Waals surface area contributed by atoms with Crippen LogP contribution in [0.1, 0.15) is 45.8 Å². The third-order valence-electron chi connectivity index (χ3n) is 4.91. The van der Waals surface area contributed by atoms with Crippen LogP contribution in [0.4, 0.5) is 5.13 Å². The number of hydrogen-bond donors (Lipinski definition) is 1. The SMILES string of the molecule is Nc1nnc(CC2CC[C@H](c3nnc(CC(=O)Cc4ccccc4)s3)C2)s1. The highest BCUT2D eigenvalue weighted by molar-refractivity contribution is 7.15. The number of nitrogens with zero attached hydrogens (tertiary/aromatic N) is 4. The molecule has 1 aliphatic rings. The van der Waals surface area contributed by atoms with E-state index in [2.05, 4.69) is 20.4 Å². The molecule has 0 bridgehead atoms. The Morgan fingerprint density at radius 3 is 2.59 bits per heavy atom. The average Bonchev–Trinajstić information content (AvgIpc) is 3.38. The molecule has 0 radical (unpaired) electrons. The summed E-state index contributed by atoms with van der Waals surface area (Å²) < 4.78 is 0. The minimum atomic E-state index is 0.182. The molecule has 4 rings (SSSR count). The van der Waals surface area contributed by atoms with Gasteiger partial charge in [0.05, 0.1) is 6.42 Å². The van der Waals surface area contributed by atoms with Gasteiger partial charge in [-0.05, 0) is 30.7 Å². The highest BCUT2D eigenvalue weighted by Gasteiger charge is 2.29. The molecule has 2 N–H and O–H groups in total. The molecule has 1 unspecified atom stereocenters. The van der Waals surface area contributed by atoms with Crippen molar-refractivity contribution in [2.24, 2.45) is 5.92 Å². The van der Waals surface area contributed by atoms with Crippen LogP contribution in [-0.4, -0.2) is 26.2 Å². The number of carbonyl (C=O) groups is 1. The minimum Gasteiger partial charge on any atom is -0.374 e. The summed E-state index contributed by atoms with van der Waals surface area (Å²) in [4.78, 5) is 12.3. The number of benzene rings is 1. The van der Waals surface area contributed by atoms with Gasteiger partial charge in [0.25, 0.3) is 0 Å². The molecule has 0 spiro atoms. The van der Waals surface area contributed by atoms with Crippen LogP contribution in [0, 0.1) is 5.92 Å². The van der Waals surface area contributed by atoms with E-state index in [1.807, 2.05) is 30.3 Å². The van der Waals surface area contributed by atoms with E-state index < -0.39 is 0 Å². The van der Waals surface area contributed by atoms with Crippen molar-refractivity contribution in [3.8, 4) is 0 Å². The largest absolute Gasteiger partial charge is 0.374 e. The third-order valence-corrected chi connectivity index (χ3v) is 6.77. The molecule has 2 atom stereocenters. The predicted molar refractivity (Wildman–Crippen MR) is 107 cm³/mol. The Kier molecular flexibility index (Phi) is 5.54. The molecular formula is C19H21N5OS2. The van der Waals surface area contributed by atoms with E-state index >= 15 is 0 Å². The molecule has 0 aliphatic heterocycles. The highest BCUT2D eigenvalue weighted by atomic mass is 32.1. The van der Waals surface area contributed by atoms with Gasteiger partial charge >= 0.3 is 0 Å². The monoisotopic (exact) mass is 399 g/mol. The van der Waals surface area contributed by atoms with Gasteiger partial charge < -0.3 is 5.73 Å². The zero-order chi connectivity index (χ0) is 18.6. The van der Waals surface area contributed by atoms with Crippen molar-refractivity contribution in [2.75, 3.05) is 5.73 Å². The maximum absolute atomic E-state index is 12.3. The number of ketones is 1. The molecule has 27 heavy (non-hydrogen) atoms. The molecule has 2 aromatic heterocycles. The summed E-state index contributed by atoms with van der Waals surface area (Å²) in [5, 5.41) is 20.1. The lowest BCUT2D eigenvalue weighted by atomic mass is 10.0. The zero-order valence-corrected chi connectivity index (χ0v) is 16.5. The number of hydrogen-bond acceptors (Lipinski definition) is 8. The number of aromatic nitrogens is 4. The van der Waals surface area contributed by atoms with E-state index in [1.165, 1.54) is 11.3 Å². The summed E-state index contributed by atoms with van der Waals surface area (Å²) in [6.45, 7) is 0. The van der Waals surface area contributed by atoms with Crippen LogP contribution in [0.5, 0.6) is 0 Å². The van der Waals surface area contributed by atoms with Crippen LogP contribution in [0.2, 0.25) is 0 Å². The topological polar surface area (TPSA) is 94.7 Å². The second-order valence-corrected chi connectivity index (χ2v) is 9.21. The second kappa shape index (κ2) is 8.22. The molecule has 140 valence electrons. The smallest absolute Gasteiger partial charge is 0.203 e. The molecule has 1 fully saturated rings. The zero-order valence-electron chi connectivity index (χ0n) is 14.9. The number of nitrogen functional groups attached to an aromatic ring is 1. The van der Waals surface area contributed by atoms with Gasteiger partial charge in [-0.3, -0.25) is 4.79 Å². The van der Waals surface area contributed by atoms with E-state index in [9.17, 15) is 4.79 Å². The molecule has 8 heteroatoms. The van der Waals surface area contributed by atoms with Crippen molar-refractivity contribution in [1.29, 1.82) is 0 Å². The first-order chi connectivity index (χ1) is 13.2. The quantitative estimate of drug-likeness (QED) is 0.654. The summed E-state index contributed by atoms with van der Waals surface area (Å²) in [6, 6.07) is 9.83. The normalized spacial score (nSPS) is 19.4. The Morgan fingerprint density at radius 2 is 1.81 bits per heavy atom. The molecule has 1 aliphatic carbocycles. The Hall–Kier alpha value is -2.19. The van der Waals surface area contributed by atoms with Crippen molar-refractivity contribution in [3.63, 3.8) is 0 Å². The van der Waals surface area contributed by atoms with E-state index in [4.69, 9.17) is 5.73 Å². The summed E-state index contributed by atoms with van der Waals surface area (Å²) in [6.07, 6.45) is 5.12. The van der Waals surface area contributed by atoms with Gasteiger partial charge in [-0.15, -0.1) is 31.7 Å². The van der Waals surface area contributed by atoms with E-state index in [1.54, 1.807) is 11.3 Å². The summed E-state index contributed by atoms with van der Waals surface area (Å²) in [7, 11) is 0. The number of nitrogens with two attached hydrogens (primary N) is 1. The van der Waals surface area contributed by atoms with Gasteiger partial charge in [-0.1, -0.05) is 41.7 Å². The number of anilines is 1. The van der Waals surface area contributed by atoms with Crippen molar-refractivity contribution in [3.05, 3.63) is 50.9 Å². The number of rotatable bonds is 7. The fourth-order valence-corrected chi connectivity index (χ4v) is 5.38. The first-order valence-electron chi connectivity index (χ1n) is 9.11. The molecular weight excluding hydrogens is 378 g/mol. The highest BCUT2D eigenvalue weighted by Crippen LogP contribution is 2.41. The Balaban J connectivity index is 1.31. The number of Topliss-reactive ketones (excluding diaryl/α,β-unsaturated/α-hetero) is 1. The molecule has 0 saturated heterocycles. The predicted octanol–water partition coefficient (Wildman–Crippen LogP) is 3.45. The van der Waals surface area contributed by atoms with Crippen molar-refractivity contribution < 1.29 is 4.79 Å². The summed E-state index contributed by atoms with van der Waals surface area (Å²) in [5.41, 5.74) is 6.71. The fourth-order valence-electron chi connectivity index (χ4n) is 3.64. The molecule has 0 amide bonds. The second-order valence-electron chi connectivity index (χ2n) is 7.03. The third kappa shape index (κ3) is 4.75.